The Hall–Kier alpha value is -1.59. The van der Waals surface area contributed by atoms with E-state index in [1.54, 1.807) is 0 Å². The van der Waals surface area contributed by atoms with Gasteiger partial charge in [-0.2, -0.15) is 0 Å². The molecule has 5 heteroatoms. The van der Waals surface area contributed by atoms with Crippen molar-refractivity contribution < 1.29 is 14.3 Å². The van der Waals surface area contributed by atoms with Crippen molar-refractivity contribution >= 4 is 11.7 Å². The van der Waals surface area contributed by atoms with Crippen molar-refractivity contribution in [3.05, 3.63) is 29.8 Å². The zero-order valence-electron chi connectivity index (χ0n) is 19.5. The summed E-state index contributed by atoms with van der Waals surface area (Å²) in [4.78, 5) is 17.0. The lowest BCUT2D eigenvalue weighted by molar-refractivity contribution is -0.105. The van der Waals surface area contributed by atoms with Crippen LogP contribution in [-0.4, -0.2) is 62.4 Å². The molecule has 1 aromatic carbocycles. The number of rotatable bonds is 6. The van der Waals surface area contributed by atoms with Gasteiger partial charge in [0, 0.05) is 45.0 Å². The van der Waals surface area contributed by atoms with Crippen LogP contribution in [-0.2, 0) is 9.47 Å². The third-order valence-electron chi connectivity index (χ3n) is 8.13. The predicted molar refractivity (Wildman–Crippen MR) is 125 cm³/mol. The van der Waals surface area contributed by atoms with Gasteiger partial charge in [-0.25, -0.2) is 4.79 Å². The van der Waals surface area contributed by atoms with Gasteiger partial charge in [0.15, 0.2) is 0 Å². The number of ether oxygens (including phenoxy) is 2. The molecule has 0 N–H and O–H groups in total. The SMILES string of the molecule is CCOC(=O)c1ccc(N2CCN(C3CCC(OC)(C4CCCCC4)CC3)CC2)cc1. The first-order chi connectivity index (χ1) is 15.1. The van der Waals surface area contributed by atoms with Crippen molar-refractivity contribution in [2.75, 3.05) is 44.8 Å². The molecule has 0 unspecified atom stereocenters. The van der Waals surface area contributed by atoms with E-state index in [4.69, 9.17) is 9.47 Å². The number of esters is 1. The molecule has 4 rings (SSSR count). The summed E-state index contributed by atoms with van der Waals surface area (Å²) in [6.07, 6.45) is 11.9. The molecule has 5 nitrogen and oxygen atoms in total. The number of hydrogen-bond acceptors (Lipinski definition) is 5. The first kappa shape index (κ1) is 22.6. The molecule has 2 aliphatic carbocycles. The summed E-state index contributed by atoms with van der Waals surface area (Å²) in [7, 11) is 1.96. The number of methoxy groups -OCH3 is 1. The molecule has 0 aromatic heterocycles. The Kier molecular flexibility index (Phi) is 7.55. The molecule has 2 saturated carbocycles. The van der Waals surface area contributed by atoms with Crippen molar-refractivity contribution in [1.29, 1.82) is 0 Å². The number of anilines is 1. The third kappa shape index (κ3) is 5.09. The monoisotopic (exact) mass is 428 g/mol. The van der Waals surface area contributed by atoms with E-state index >= 15 is 0 Å². The fourth-order valence-corrected chi connectivity index (χ4v) is 6.23. The molecule has 0 amide bonds. The lowest BCUT2D eigenvalue weighted by atomic mass is 9.68. The Bertz CT molecular complexity index is 698. The smallest absolute Gasteiger partial charge is 0.338 e. The number of piperazine rings is 1. The van der Waals surface area contributed by atoms with E-state index < -0.39 is 0 Å². The maximum atomic E-state index is 11.9. The van der Waals surface area contributed by atoms with Crippen LogP contribution in [0.15, 0.2) is 24.3 Å². The topological polar surface area (TPSA) is 42.0 Å². The number of benzene rings is 1. The van der Waals surface area contributed by atoms with Gasteiger partial charge in [0.2, 0.25) is 0 Å². The van der Waals surface area contributed by atoms with Crippen LogP contribution in [0.2, 0.25) is 0 Å². The highest BCUT2D eigenvalue weighted by molar-refractivity contribution is 5.89. The molecule has 31 heavy (non-hydrogen) atoms. The standard InChI is InChI=1S/C26H40N2O3/c1-3-31-25(29)21-9-11-23(12-10-21)27-17-19-28(20-18-27)24-13-15-26(30-2,16-14-24)22-7-5-4-6-8-22/h9-12,22,24H,3-8,13-20H2,1-2H3. The summed E-state index contributed by atoms with van der Waals surface area (Å²) in [6, 6.07) is 8.59. The largest absolute Gasteiger partial charge is 0.462 e. The zero-order chi connectivity index (χ0) is 21.7. The molecule has 1 heterocycles. The first-order valence-corrected chi connectivity index (χ1v) is 12.5. The fraction of sp³-hybridized carbons (Fsp3) is 0.731. The van der Waals surface area contributed by atoms with Gasteiger partial charge in [0.05, 0.1) is 17.8 Å². The van der Waals surface area contributed by atoms with Crippen molar-refractivity contribution in [2.45, 2.75) is 76.4 Å². The van der Waals surface area contributed by atoms with Crippen LogP contribution in [0.3, 0.4) is 0 Å². The summed E-state index contributed by atoms with van der Waals surface area (Å²) in [5, 5.41) is 0. The van der Waals surface area contributed by atoms with E-state index in [1.165, 1.54) is 63.5 Å². The second-order valence-corrected chi connectivity index (χ2v) is 9.63. The normalized spacial score (nSPS) is 28.5. The molecule has 0 atom stereocenters. The molecule has 3 fully saturated rings. The van der Waals surface area contributed by atoms with Gasteiger partial charge in [0.1, 0.15) is 0 Å². The molecule has 172 valence electrons. The second-order valence-electron chi connectivity index (χ2n) is 9.63. The van der Waals surface area contributed by atoms with Gasteiger partial charge in [-0.05, 0) is 75.6 Å². The van der Waals surface area contributed by atoms with Crippen molar-refractivity contribution in [3.8, 4) is 0 Å². The summed E-state index contributed by atoms with van der Waals surface area (Å²) < 4.78 is 11.3. The van der Waals surface area contributed by atoms with E-state index in [-0.39, 0.29) is 11.6 Å². The Morgan fingerprint density at radius 2 is 1.61 bits per heavy atom. The Balaban J connectivity index is 1.27. The summed E-state index contributed by atoms with van der Waals surface area (Å²) >= 11 is 0. The molecule has 1 aliphatic heterocycles. The molecule has 3 aliphatic rings. The minimum atomic E-state index is -0.239. The second kappa shape index (κ2) is 10.4. The average molecular weight is 429 g/mol. The Labute approximate surface area is 188 Å². The van der Waals surface area contributed by atoms with Gasteiger partial charge in [-0.1, -0.05) is 19.3 Å². The van der Waals surface area contributed by atoms with E-state index in [2.05, 4.69) is 21.9 Å². The first-order valence-electron chi connectivity index (χ1n) is 12.5. The molecule has 0 spiro atoms. The number of hydrogen-bond donors (Lipinski definition) is 0. The molecule has 1 saturated heterocycles. The quantitative estimate of drug-likeness (QED) is 0.603. The van der Waals surface area contributed by atoms with Crippen LogP contribution < -0.4 is 4.90 Å². The van der Waals surface area contributed by atoms with Gasteiger partial charge in [-0.3, -0.25) is 4.90 Å². The van der Waals surface area contributed by atoms with E-state index in [0.717, 1.165) is 32.1 Å². The van der Waals surface area contributed by atoms with Crippen LogP contribution in [0.1, 0.15) is 75.1 Å². The van der Waals surface area contributed by atoms with Gasteiger partial charge < -0.3 is 14.4 Å². The lowest BCUT2D eigenvalue weighted by Gasteiger charge is -2.49. The molecular formula is C26H40N2O3. The number of carbonyl (C=O) groups excluding carboxylic acids is 1. The van der Waals surface area contributed by atoms with E-state index in [9.17, 15) is 4.79 Å². The Morgan fingerprint density at radius 3 is 2.19 bits per heavy atom. The summed E-state index contributed by atoms with van der Waals surface area (Å²) in [5.41, 5.74) is 1.98. The van der Waals surface area contributed by atoms with Crippen molar-refractivity contribution in [2.24, 2.45) is 5.92 Å². The highest BCUT2D eigenvalue weighted by Gasteiger charge is 2.43. The van der Waals surface area contributed by atoms with Gasteiger partial charge in [-0.15, -0.1) is 0 Å². The van der Waals surface area contributed by atoms with Gasteiger partial charge >= 0.3 is 5.97 Å². The minimum absolute atomic E-state index is 0.152. The average Bonchev–Trinajstić information content (AvgIpc) is 2.85. The van der Waals surface area contributed by atoms with Crippen molar-refractivity contribution in [1.82, 2.24) is 4.90 Å². The van der Waals surface area contributed by atoms with Gasteiger partial charge in [0.25, 0.3) is 0 Å². The number of nitrogens with zero attached hydrogens (tertiary/aromatic N) is 2. The van der Waals surface area contributed by atoms with Crippen molar-refractivity contribution in [3.63, 3.8) is 0 Å². The third-order valence-corrected chi connectivity index (χ3v) is 8.13. The van der Waals surface area contributed by atoms with Crippen LogP contribution in [0, 0.1) is 5.92 Å². The highest BCUT2D eigenvalue weighted by Crippen LogP contribution is 2.44. The van der Waals surface area contributed by atoms with Crippen LogP contribution in [0.4, 0.5) is 5.69 Å². The van der Waals surface area contributed by atoms with E-state index in [1.807, 2.05) is 26.2 Å². The fourth-order valence-electron chi connectivity index (χ4n) is 6.23. The van der Waals surface area contributed by atoms with Crippen LogP contribution in [0.5, 0.6) is 0 Å². The maximum Gasteiger partial charge on any atom is 0.338 e. The predicted octanol–water partition coefficient (Wildman–Crippen LogP) is 4.89. The molecule has 1 aromatic rings. The summed E-state index contributed by atoms with van der Waals surface area (Å²) in [5.74, 6) is 0.540. The minimum Gasteiger partial charge on any atom is -0.462 e. The molecule has 0 radical (unpaired) electrons. The molecule has 0 bridgehead atoms. The zero-order valence-corrected chi connectivity index (χ0v) is 19.5. The Morgan fingerprint density at radius 1 is 0.968 bits per heavy atom. The summed E-state index contributed by atoms with van der Waals surface area (Å²) in [6.45, 7) is 6.58. The molecular weight excluding hydrogens is 388 g/mol. The van der Waals surface area contributed by atoms with E-state index in [0.29, 0.717) is 18.2 Å². The maximum absolute atomic E-state index is 11.9. The lowest BCUT2D eigenvalue weighted by Crippen LogP contribution is -2.54. The van der Waals surface area contributed by atoms with Crippen LogP contribution >= 0.6 is 0 Å². The van der Waals surface area contributed by atoms with Crippen LogP contribution in [0.25, 0.3) is 0 Å². The highest BCUT2D eigenvalue weighted by atomic mass is 16.5. The number of carbonyl (C=O) groups is 1.